The Morgan fingerprint density at radius 3 is 2.50 bits per heavy atom. The lowest BCUT2D eigenvalue weighted by Crippen LogP contribution is -2.10. The average Bonchev–Trinajstić information content (AvgIpc) is 1.88. The summed E-state index contributed by atoms with van der Waals surface area (Å²) in [5, 5.41) is 0. The largest absolute Gasteiger partial charge is 0.363 e. The monoisotopic (exact) mass is 135 g/mol. The van der Waals surface area contributed by atoms with Crippen LogP contribution >= 0.6 is 0 Å². The molecule has 1 heterocycles. The number of hydrogen-bond donors (Lipinski definition) is 0. The normalized spacial score (nSPS) is 9.50. The first-order chi connectivity index (χ1) is 4.70. The number of aromatic nitrogens is 1. The summed E-state index contributed by atoms with van der Waals surface area (Å²) in [4.78, 5) is 6.23. The van der Waals surface area contributed by atoms with Crippen LogP contribution in [0.5, 0.6) is 0 Å². The van der Waals surface area contributed by atoms with Gasteiger partial charge in [0, 0.05) is 19.8 Å². The van der Waals surface area contributed by atoms with Crippen LogP contribution in [0.1, 0.15) is 5.69 Å². The van der Waals surface area contributed by atoms with Crippen LogP contribution in [0.3, 0.4) is 0 Å². The first-order valence-corrected chi connectivity index (χ1v) is 3.22. The van der Waals surface area contributed by atoms with Crippen molar-refractivity contribution in [2.24, 2.45) is 0 Å². The molecule has 1 radical (unpaired) electrons. The van der Waals surface area contributed by atoms with Crippen LogP contribution in [0.15, 0.2) is 12.1 Å². The molecule has 0 saturated heterocycles. The van der Waals surface area contributed by atoms with E-state index in [4.69, 9.17) is 0 Å². The van der Waals surface area contributed by atoms with Gasteiger partial charge in [-0.1, -0.05) is 0 Å². The van der Waals surface area contributed by atoms with E-state index in [-0.39, 0.29) is 0 Å². The number of pyridine rings is 1. The highest BCUT2D eigenvalue weighted by Crippen LogP contribution is 2.05. The van der Waals surface area contributed by atoms with Crippen molar-refractivity contribution in [3.8, 4) is 0 Å². The van der Waals surface area contributed by atoms with E-state index in [9.17, 15) is 0 Å². The highest BCUT2D eigenvalue weighted by molar-refractivity contribution is 5.36. The molecule has 10 heavy (non-hydrogen) atoms. The zero-order valence-electron chi connectivity index (χ0n) is 6.55. The SMILES string of the molecule is Cc1c[c]cc(N(C)C)n1. The molecule has 0 atom stereocenters. The van der Waals surface area contributed by atoms with Gasteiger partial charge in [0.2, 0.25) is 0 Å². The van der Waals surface area contributed by atoms with E-state index in [1.807, 2.05) is 38.1 Å². The second kappa shape index (κ2) is 2.69. The Morgan fingerprint density at radius 2 is 2.10 bits per heavy atom. The second-order valence-corrected chi connectivity index (χ2v) is 2.46. The quantitative estimate of drug-likeness (QED) is 0.576. The fourth-order valence-electron chi connectivity index (χ4n) is 0.711. The summed E-state index contributed by atoms with van der Waals surface area (Å²) in [5.41, 5.74) is 1.01. The summed E-state index contributed by atoms with van der Waals surface area (Å²) in [7, 11) is 3.94. The van der Waals surface area contributed by atoms with Crippen molar-refractivity contribution in [1.29, 1.82) is 0 Å². The summed E-state index contributed by atoms with van der Waals surface area (Å²) in [5.74, 6) is 0.958. The molecule has 2 nitrogen and oxygen atoms in total. The van der Waals surface area contributed by atoms with E-state index in [0.29, 0.717) is 0 Å². The Bertz CT molecular complexity index is 218. The summed E-state index contributed by atoms with van der Waals surface area (Å²) in [6, 6.07) is 6.74. The van der Waals surface area contributed by atoms with Crippen molar-refractivity contribution in [2.45, 2.75) is 6.92 Å². The van der Waals surface area contributed by atoms with E-state index in [1.54, 1.807) is 0 Å². The lowest BCUT2D eigenvalue weighted by atomic mass is 10.4. The molecule has 0 bridgehead atoms. The first-order valence-electron chi connectivity index (χ1n) is 3.22. The van der Waals surface area contributed by atoms with E-state index >= 15 is 0 Å². The van der Waals surface area contributed by atoms with Gasteiger partial charge in [-0.2, -0.15) is 0 Å². The van der Waals surface area contributed by atoms with Crippen LogP contribution in [0, 0.1) is 13.0 Å². The van der Waals surface area contributed by atoms with E-state index in [0.717, 1.165) is 11.5 Å². The Labute approximate surface area is 61.5 Å². The highest BCUT2D eigenvalue weighted by Gasteiger charge is 1.93. The molecule has 1 rings (SSSR count). The lowest BCUT2D eigenvalue weighted by Gasteiger charge is -2.10. The molecule has 0 aromatic carbocycles. The second-order valence-electron chi connectivity index (χ2n) is 2.46. The smallest absolute Gasteiger partial charge is 0.128 e. The Morgan fingerprint density at radius 1 is 1.40 bits per heavy atom. The third-order valence-corrected chi connectivity index (χ3v) is 1.25. The summed E-state index contributed by atoms with van der Waals surface area (Å²) < 4.78 is 0. The van der Waals surface area contributed by atoms with E-state index in [1.165, 1.54) is 0 Å². The number of aryl methyl sites for hydroxylation is 1. The summed E-state index contributed by atoms with van der Waals surface area (Å²) in [6.07, 6.45) is 0. The predicted molar refractivity (Wildman–Crippen MR) is 42.1 cm³/mol. The van der Waals surface area contributed by atoms with Gasteiger partial charge in [0.25, 0.3) is 0 Å². The number of rotatable bonds is 1. The molecule has 0 amide bonds. The van der Waals surface area contributed by atoms with Crippen molar-refractivity contribution in [2.75, 3.05) is 19.0 Å². The Kier molecular flexibility index (Phi) is 1.90. The van der Waals surface area contributed by atoms with Crippen LogP contribution in [-0.4, -0.2) is 19.1 Å². The van der Waals surface area contributed by atoms with E-state index in [2.05, 4.69) is 11.1 Å². The van der Waals surface area contributed by atoms with Gasteiger partial charge in [0.1, 0.15) is 5.82 Å². The minimum Gasteiger partial charge on any atom is -0.363 e. The topological polar surface area (TPSA) is 16.1 Å². The molecular formula is C8H11N2. The molecule has 53 valence electrons. The van der Waals surface area contributed by atoms with Crippen LogP contribution in [0.25, 0.3) is 0 Å². The Balaban J connectivity index is 2.96. The standard InChI is InChI=1S/C8H11N2/c1-7-5-4-6-8(9-7)10(2)3/h5-6H,1-3H3. The highest BCUT2D eigenvalue weighted by atomic mass is 15.1. The molecule has 0 fully saturated rings. The van der Waals surface area contributed by atoms with Crippen LogP contribution in [0.2, 0.25) is 0 Å². The third-order valence-electron chi connectivity index (χ3n) is 1.25. The van der Waals surface area contributed by atoms with Gasteiger partial charge in [-0.3, -0.25) is 0 Å². The minimum atomic E-state index is 0.958. The van der Waals surface area contributed by atoms with Gasteiger partial charge in [-0.25, -0.2) is 4.98 Å². The average molecular weight is 135 g/mol. The molecule has 0 aliphatic carbocycles. The first kappa shape index (κ1) is 7.06. The van der Waals surface area contributed by atoms with Crippen LogP contribution in [-0.2, 0) is 0 Å². The van der Waals surface area contributed by atoms with Crippen LogP contribution < -0.4 is 4.90 Å². The minimum absolute atomic E-state index is 0.958. The molecular weight excluding hydrogens is 124 g/mol. The maximum absolute atomic E-state index is 4.27. The molecule has 0 aliphatic heterocycles. The molecule has 0 N–H and O–H groups in total. The number of hydrogen-bond acceptors (Lipinski definition) is 2. The van der Waals surface area contributed by atoms with Crippen molar-refractivity contribution in [3.05, 3.63) is 23.9 Å². The van der Waals surface area contributed by atoms with Crippen molar-refractivity contribution < 1.29 is 0 Å². The van der Waals surface area contributed by atoms with Gasteiger partial charge in [-0.15, -0.1) is 0 Å². The van der Waals surface area contributed by atoms with E-state index < -0.39 is 0 Å². The molecule has 0 aliphatic rings. The lowest BCUT2D eigenvalue weighted by molar-refractivity contribution is 1.04. The number of nitrogens with zero attached hydrogens (tertiary/aromatic N) is 2. The molecule has 0 spiro atoms. The zero-order valence-corrected chi connectivity index (χ0v) is 6.55. The fraction of sp³-hybridized carbons (Fsp3) is 0.375. The summed E-state index contributed by atoms with van der Waals surface area (Å²) >= 11 is 0. The predicted octanol–water partition coefficient (Wildman–Crippen LogP) is 1.26. The van der Waals surface area contributed by atoms with Gasteiger partial charge in [-0.05, 0) is 25.1 Å². The molecule has 0 saturated carbocycles. The van der Waals surface area contributed by atoms with Gasteiger partial charge in [0.15, 0.2) is 0 Å². The maximum atomic E-state index is 4.27. The summed E-state index contributed by atoms with van der Waals surface area (Å²) in [6.45, 7) is 1.96. The maximum Gasteiger partial charge on any atom is 0.128 e. The molecule has 0 unspecified atom stereocenters. The number of anilines is 1. The third kappa shape index (κ3) is 1.47. The van der Waals surface area contributed by atoms with Crippen molar-refractivity contribution >= 4 is 5.82 Å². The molecule has 1 aromatic rings. The molecule has 1 aromatic heterocycles. The van der Waals surface area contributed by atoms with Crippen LogP contribution in [0.4, 0.5) is 5.82 Å². The molecule has 2 heteroatoms. The zero-order chi connectivity index (χ0) is 7.56. The van der Waals surface area contributed by atoms with Crippen molar-refractivity contribution in [3.63, 3.8) is 0 Å². The van der Waals surface area contributed by atoms with Gasteiger partial charge in [0.05, 0.1) is 0 Å². The van der Waals surface area contributed by atoms with Gasteiger partial charge >= 0.3 is 0 Å². The Hall–Kier alpha value is -1.05. The fourth-order valence-corrected chi connectivity index (χ4v) is 0.711. The van der Waals surface area contributed by atoms with Crippen molar-refractivity contribution in [1.82, 2.24) is 4.98 Å². The van der Waals surface area contributed by atoms with Gasteiger partial charge < -0.3 is 4.90 Å².